The van der Waals surface area contributed by atoms with Crippen molar-refractivity contribution in [2.24, 2.45) is 5.10 Å². The number of carbonyl (C=O) groups is 1. The SMILES string of the molecule is O=C(N/N=C\c1ccc(OCc2ccccc2F)c(Cl)c1)c1ccc(-c2csc(Nc3ccccc3)n2)cc1. The number of amides is 1. The highest BCUT2D eigenvalue weighted by atomic mass is 35.5. The largest absolute Gasteiger partial charge is 0.487 e. The minimum absolute atomic E-state index is 0.0584. The first kappa shape index (κ1) is 26.1. The van der Waals surface area contributed by atoms with Crippen molar-refractivity contribution in [3.8, 4) is 17.0 Å². The number of halogens is 2. The van der Waals surface area contributed by atoms with Crippen molar-refractivity contribution >= 4 is 45.9 Å². The number of anilines is 2. The number of benzene rings is 4. The van der Waals surface area contributed by atoms with Gasteiger partial charge < -0.3 is 10.1 Å². The van der Waals surface area contributed by atoms with Gasteiger partial charge >= 0.3 is 0 Å². The molecule has 0 atom stereocenters. The van der Waals surface area contributed by atoms with Crippen LogP contribution in [0, 0.1) is 5.82 Å². The van der Waals surface area contributed by atoms with Gasteiger partial charge in [0.1, 0.15) is 18.2 Å². The molecule has 0 saturated carbocycles. The number of thiazole rings is 1. The third-order valence-electron chi connectivity index (χ3n) is 5.65. The van der Waals surface area contributed by atoms with Crippen molar-refractivity contribution in [3.63, 3.8) is 0 Å². The molecule has 6 nitrogen and oxygen atoms in total. The standard InChI is InChI=1S/C30H22ClFN4O2S/c31-25-16-20(10-15-28(25)38-18-23-6-4-5-9-26(23)32)17-33-36-29(37)22-13-11-21(12-14-22)27-19-39-30(35-27)34-24-7-2-1-3-8-24/h1-17,19H,18H2,(H,34,35)(H,36,37)/b33-17-. The Hall–Kier alpha value is -4.53. The van der Waals surface area contributed by atoms with Crippen LogP contribution in [-0.2, 0) is 6.61 Å². The highest BCUT2D eigenvalue weighted by molar-refractivity contribution is 7.14. The van der Waals surface area contributed by atoms with Gasteiger partial charge in [0.05, 0.1) is 16.9 Å². The monoisotopic (exact) mass is 556 g/mol. The zero-order valence-electron chi connectivity index (χ0n) is 20.5. The maximum absolute atomic E-state index is 13.8. The second-order valence-corrected chi connectivity index (χ2v) is 9.64. The minimum atomic E-state index is -0.349. The summed E-state index contributed by atoms with van der Waals surface area (Å²) >= 11 is 7.81. The van der Waals surface area contributed by atoms with E-state index in [1.165, 1.54) is 23.6 Å². The number of hydrogen-bond acceptors (Lipinski definition) is 6. The van der Waals surface area contributed by atoms with E-state index in [1.807, 2.05) is 47.8 Å². The van der Waals surface area contributed by atoms with Gasteiger partial charge in [-0.1, -0.05) is 60.1 Å². The van der Waals surface area contributed by atoms with Crippen LogP contribution in [0.5, 0.6) is 5.75 Å². The van der Waals surface area contributed by atoms with Gasteiger partial charge in [0.25, 0.3) is 5.91 Å². The lowest BCUT2D eigenvalue weighted by molar-refractivity contribution is 0.0955. The van der Waals surface area contributed by atoms with Crippen molar-refractivity contribution in [1.29, 1.82) is 0 Å². The molecule has 0 fully saturated rings. The molecule has 5 rings (SSSR count). The number of nitrogens with zero attached hydrogens (tertiary/aromatic N) is 2. The fourth-order valence-corrected chi connectivity index (χ4v) is 4.60. The molecule has 5 aromatic rings. The maximum Gasteiger partial charge on any atom is 0.271 e. The number of nitrogens with one attached hydrogen (secondary N) is 2. The molecule has 0 aliphatic carbocycles. The molecule has 0 aliphatic rings. The molecule has 9 heteroatoms. The maximum atomic E-state index is 13.8. The zero-order chi connectivity index (χ0) is 27.0. The predicted octanol–water partition coefficient (Wildman–Crippen LogP) is 7.69. The molecule has 0 unspecified atom stereocenters. The van der Waals surface area contributed by atoms with Crippen LogP contribution in [0.15, 0.2) is 108 Å². The first-order valence-electron chi connectivity index (χ1n) is 11.9. The first-order chi connectivity index (χ1) is 19.0. The Balaban J connectivity index is 1.15. The van der Waals surface area contributed by atoms with E-state index in [2.05, 4.69) is 20.8 Å². The van der Waals surface area contributed by atoms with Crippen LogP contribution in [0.25, 0.3) is 11.3 Å². The van der Waals surface area contributed by atoms with E-state index in [0.717, 1.165) is 22.1 Å². The summed E-state index contributed by atoms with van der Waals surface area (Å²) in [6, 6.07) is 28.4. The van der Waals surface area contributed by atoms with Gasteiger partial charge in [-0.05, 0) is 54.1 Å². The number of hydrazone groups is 1. The quantitative estimate of drug-likeness (QED) is 0.144. The molecule has 39 heavy (non-hydrogen) atoms. The summed E-state index contributed by atoms with van der Waals surface area (Å²) in [6.45, 7) is 0.0584. The summed E-state index contributed by atoms with van der Waals surface area (Å²) in [6.07, 6.45) is 1.48. The number of rotatable bonds is 9. The van der Waals surface area contributed by atoms with Crippen molar-refractivity contribution in [2.75, 3.05) is 5.32 Å². The van der Waals surface area contributed by atoms with Crippen LogP contribution in [0.2, 0.25) is 5.02 Å². The van der Waals surface area contributed by atoms with Gasteiger partial charge in [-0.2, -0.15) is 5.10 Å². The second-order valence-electron chi connectivity index (χ2n) is 8.38. The molecule has 0 radical (unpaired) electrons. The molecule has 0 spiro atoms. The summed E-state index contributed by atoms with van der Waals surface area (Å²) in [5.74, 6) is -0.265. The average molecular weight is 557 g/mol. The van der Waals surface area contributed by atoms with E-state index >= 15 is 0 Å². The Morgan fingerprint density at radius 1 is 1.00 bits per heavy atom. The molecule has 2 N–H and O–H groups in total. The Bertz CT molecular complexity index is 1610. The van der Waals surface area contributed by atoms with Gasteiger partial charge in [0.15, 0.2) is 5.13 Å². The summed E-state index contributed by atoms with van der Waals surface area (Å²) in [7, 11) is 0. The second kappa shape index (κ2) is 12.3. The highest BCUT2D eigenvalue weighted by Gasteiger charge is 2.09. The van der Waals surface area contributed by atoms with E-state index in [1.54, 1.807) is 48.5 Å². The molecule has 1 heterocycles. The number of hydrogen-bond donors (Lipinski definition) is 2. The van der Waals surface area contributed by atoms with Crippen LogP contribution in [0.1, 0.15) is 21.5 Å². The third kappa shape index (κ3) is 6.87. The van der Waals surface area contributed by atoms with Crippen LogP contribution in [0.3, 0.4) is 0 Å². The Kier molecular flexibility index (Phi) is 8.26. The Morgan fingerprint density at radius 3 is 2.54 bits per heavy atom. The fraction of sp³-hybridized carbons (Fsp3) is 0.0333. The number of aromatic nitrogens is 1. The van der Waals surface area contributed by atoms with Gasteiger partial charge in [-0.15, -0.1) is 11.3 Å². The molecule has 1 amide bonds. The number of ether oxygens (including phenoxy) is 1. The van der Waals surface area contributed by atoms with Crippen LogP contribution >= 0.6 is 22.9 Å². The minimum Gasteiger partial charge on any atom is -0.487 e. The van der Waals surface area contributed by atoms with E-state index in [0.29, 0.717) is 27.5 Å². The van der Waals surface area contributed by atoms with E-state index < -0.39 is 0 Å². The lowest BCUT2D eigenvalue weighted by Gasteiger charge is -2.09. The van der Waals surface area contributed by atoms with Gasteiger partial charge in [0.2, 0.25) is 0 Å². The molecule has 1 aromatic heterocycles. The summed E-state index contributed by atoms with van der Waals surface area (Å²) in [5.41, 5.74) is 6.77. The number of para-hydroxylation sites is 1. The smallest absolute Gasteiger partial charge is 0.271 e. The van der Waals surface area contributed by atoms with E-state index in [4.69, 9.17) is 16.3 Å². The third-order valence-corrected chi connectivity index (χ3v) is 6.70. The lowest BCUT2D eigenvalue weighted by Crippen LogP contribution is -2.17. The van der Waals surface area contributed by atoms with Crippen LogP contribution in [0.4, 0.5) is 15.2 Å². The Morgan fingerprint density at radius 2 is 1.77 bits per heavy atom. The summed E-state index contributed by atoms with van der Waals surface area (Å²) in [4.78, 5) is 17.2. The number of carbonyl (C=O) groups excluding carboxylic acids is 1. The molecule has 194 valence electrons. The van der Waals surface area contributed by atoms with Crippen molar-refractivity contribution in [2.45, 2.75) is 6.61 Å². The first-order valence-corrected chi connectivity index (χ1v) is 13.2. The molecule has 0 saturated heterocycles. The van der Waals surface area contributed by atoms with Crippen molar-refractivity contribution < 1.29 is 13.9 Å². The molecule has 0 aliphatic heterocycles. The normalized spacial score (nSPS) is 10.9. The molecular formula is C30H22ClFN4O2S. The topological polar surface area (TPSA) is 75.6 Å². The van der Waals surface area contributed by atoms with Gasteiger partial charge in [-0.3, -0.25) is 4.79 Å². The van der Waals surface area contributed by atoms with Crippen LogP contribution < -0.4 is 15.5 Å². The highest BCUT2D eigenvalue weighted by Crippen LogP contribution is 2.28. The average Bonchev–Trinajstić information content (AvgIpc) is 3.42. The van der Waals surface area contributed by atoms with E-state index in [-0.39, 0.29) is 18.3 Å². The predicted molar refractivity (Wildman–Crippen MR) is 155 cm³/mol. The molecule has 4 aromatic carbocycles. The summed E-state index contributed by atoms with van der Waals surface area (Å²) in [5, 5.41) is 10.4. The molecular weight excluding hydrogens is 535 g/mol. The van der Waals surface area contributed by atoms with Crippen LogP contribution in [-0.4, -0.2) is 17.1 Å². The summed E-state index contributed by atoms with van der Waals surface area (Å²) < 4.78 is 19.4. The molecule has 0 bridgehead atoms. The lowest BCUT2D eigenvalue weighted by atomic mass is 10.1. The van der Waals surface area contributed by atoms with Crippen molar-refractivity contribution in [1.82, 2.24) is 10.4 Å². The zero-order valence-corrected chi connectivity index (χ0v) is 22.0. The van der Waals surface area contributed by atoms with Crippen molar-refractivity contribution in [3.05, 3.63) is 130 Å². The van der Waals surface area contributed by atoms with Gasteiger partial charge in [-0.25, -0.2) is 14.8 Å². The van der Waals surface area contributed by atoms with Gasteiger partial charge in [0, 0.05) is 27.8 Å². The van der Waals surface area contributed by atoms with E-state index in [9.17, 15) is 9.18 Å². The Labute approximate surface area is 233 Å². The fourth-order valence-electron chi connectivity index (χ4n) is 3.62.